The minimum atomic E-state index is -3.39. The molecule has 0 aromatic heterocycles. The van der Waals surface area contributed by atoms with Gasteiger partial charge in [0.05, 0.1) is 6.61 Å². The molecule has 0 spiro atoms. The summed E-state index contributed by atoms with van der Waals surface area (Å²) in [4.78, 5) is 9.76. The number of hydrogen-bond acceptors (Lipinski definition) is 2. The van der Waals surface area contributed by atoms with Crippen molar-refractivity contribution in [1.29, 1.82) is 0 Å². The standard InChI is InChI=1S/C16H27O3P/c1-3-4-5-9-12-20(17,18)19-14-15(2)13-16-10-7-6-8-11-16/h6-8,10-11,15H,3-5,9,12-14H2,1-2H3,(H,17,18)/t15-/m1/s1. The van der Waals surface area contributed by atoms with Gasteiger partial charge in [0.1, 0.15) is 0 Å². The van der Waals surface area contributed by atoms with E-state index in [1.165, 1.54) is 5.56 Å². The molecule has 1 N–H and O–H groups in total. The summed E-state index contributed by atoms with van der Waals surface area (Å²) in [6.45, 7) is 4.51. The highest BCUT2D eigenvalue weighted by atomic mass is 31.2. The van der Waals surface area contributed by atoms with E-state index in [1.54, 1.807) is 0 Å². The van der Waals surface area contributed by atoms with Crippen molar-refractivity contribution in [3.8, 4) is 0 Å². The summed E-state index contributed by atoms with van der Waals surface area (Å²) in [5.74, 6) is 0.244. The van der Waals surface area contributed by atoms with Crippen molar-refractivity contribution in [1.82, 2.24) is 0 Å². The van der Waals surface area contributed by atoms with E-state index in [9.17, 15) is 9.46 Å². The van der Waals surface area contributed by atoms with Crippen LogP contribution in [0.4, 0.5) is 0 Å². The van der Waals surface area contributed by atoms with Crippen LogP contribution in [0.3, 0.4) is 0 Å². The van der Waals surface area contributed by atoms with Crippen molar-refractivity contribution in [3.05, 3.63) is 35.9 Å². The third-order valence-corrected chi connectivity index (χ3v) is 4.72. The predicted octanol–water partition coefficient (Wildman–Crippen LogP) is 4.65. The van der Waals surface area contributed by atoms with Gasteiger partial charge in [-0.1, -0.05) is 63.4 Å². The van der Waals surface area contributed by atoms with Gasteiger partial charge in [0, 0.05) is 6.16 Å². The van der Waals surface area contributed by atoms with E-state index in [0.717, 1.165) is 32.1 Å². The van der Waals surface area contributed by atoms with Crippen molar-refractivity contribution in [2.75, 3.05) is 12.8 Å². The molecule has 0 radical (unpaired) electrons. The van der Waals surface area contributed by atoms with Crippen molar-refractivity contribution >= 4 is 7.60 Å². The first-order valence-electron chi connectivity index (χ1n) is 7.54. The van der Waals surface area contributed by atoms with Crippen LogP contribution in [0.25, 0.3) is 0 Å². The highest BCUT2D eigenvalue weighted by Crippen LogP contribution is 2.43. The smallest absolute Gasteiger partial charge is 0.324 e. The van der Waals surface area contributed by atoms with Crippen LogP contribution in [0.2, 0.25) is 0 Å². The Balaban J connectivity index is 2.25. The Hall–Kier alpha value is -0.630. The van der Waals surface area contributed by atoms with Gasteiger partial charge in [0.2, 0.25) is 0 Å². The largest absolute Gasteiger partial charge is 0.328 e. The average Bonchev–Trinajstić information content (AvgIpc) is 2.43. The van der Waals surface area contributed by atoms with E-state index in [-0.39, 0.29) is 12.1 Å². The van der Waals surface area contributed by atoms with E-state index >= 15 is 0 Å². The van der Waals surface area contributed by atoms with Crippen LogP contribution in [0.1, 0.15) is 45.1 Å². The quantitative estimate of drug-likeness (QED) is 0.505. The summed E-state index contributed by atoms with van der Waals surface area (Å²) in [5.41, 5.74) is 1.24. The van der Waals surface area contributed by atoms with Gasteiger partial charge in [-0.2, -0.15) is 0 Å². The third-order valence-electron chi connectivity index (χ3n) is 3.28. The summed E-state index contributed by atoms with van der Waals surface area (Å²) in [5, 5.41) is 0. The third kappa shape index (κ3) is 7.84. The molecule has 1 unspecified atom stereocenters. The summed E-state index contributed by atoms with van der Waals surface area (Å²) in [7, 11) is -3.39. The predicted molar refractivity (Wildman–Crippen MR) is 84.1 cm³/mol. The molecule has 0 fully saturated rings. The minimum Gasteiger partial charge on any atom is -0.324 e. The molecule has 0 bridgehead atoms. The maximum Gasteiger partial charge on any atom is 0.328 e. The van der Waals surface area contributed by atoms with Crippen LogP contribution < -0.4 is 0 Å². The molecule has 0 amide bonds. The Kier molecular flexibility index (Phi) is 8.13. The van der Waals surface area contributed by atoms with Crippen molar-refractivity contribution in [2.24, 2.45) is 5.92 Å². The highest BCUT2D eigenvalue weighted by molar-refractivity contribution is 7.52. The maximum absolute atomic E-state index is 11.9. The van der Waals surface area contributed by atoms with E-state index in [2.05, 4.69) is 19.1 Å². The van der Waals surface area contributed by atoms with Crippen molar-refractivity contribution in [3.63, 3.8) is 0 Å². The lowest BCUT2D eigenvalue weighted by Gasteiger charge is -2.16. The fourth-order valence-corrected chi connectivity index (χ4v) is 3.36. The molecule has 2 atom stereocenters. The monoisotopic (exact) mass is 298 g/mol. The van der Waals surface area contributed by atoms with Crippen LogP contribution in [0.15, 0.2) is 30.3 Å². The molecule has 20 heavy (non-hydrogen) atoms. The summed E-state index contributed by atoms with van der Waals surface area (Å²) in [6, 6.07) is 10.1. The first-order valence-corrected chi connectivity index (χ1v) is 9.30. The van der Waals surface area contributed by atoms with Crippen LogP contribution in [0.5, 0.6) is 0 Å². The molecule has 4 heteroatoms. The van der Waals surface area contributed by atoms with Crippen LogP contribution in [0, 0.1) is 5.92 Å². The second-order valence-electron chi connectivity index (χ2n) is 5.51. The van der Waals surface area contributed by atoms with Gasteiger partial charge in [0.15, 0.2) is 0 Å². The summed E-state index contributed by atoms with van der Waals surface area (Å²) < 4.78 is 17.1. The van der Waals surface area contributed by atoms with Gasteiger partial charge in [-0.25, -0.2) is 0 Å². The van der Waals surface area contributed by atoms with E-state index in [0.29, 0.717) is 6.61 Å². The fraction of sp³-hybridized carbons (Fsp3) is 0.625. The molecule has 1 rings (SSSR count). The molecule has 0 aliphatic carbocycles. The summed E-state index contributed by atoms with van der Waals surface area (Å²) in [6.07, 6.45) is 5.18. The van der Waals surface area contributed by atoms with Gasteiger partial charge < -0.3 is 9.42 Å². The number of benzene rings is 1. The zero-order valence-electron chi connectivity index (χ0n) is 12.6. The second-order valence-corrected chi connectivity index (χ2v) is 7.49. The first kappa shape index (κ1) is 17.4. The van der Waals surface area contributed by atoms with Gasteiger partial charge in [0.25, 0.3) is 0 Å². The van der Waals surface area contributed by atoms with E-state index < -0.39 is 7.60 Å². The van der Waals surface area contributed by atoms with Gasteiger partial charge in [-0.15, -0.1) is 0 Å². The van der Waals surface area contributed by atoms with Gasteiger partial charge >= 0.3 is 7.60 Å². The molecular weight excluding hydrogens is 271 g/mol. The first-order chi connectivity index (χ1) is 9.53. The van der Waals surface area contributed by atoms with E-state index in [4.69, 9.17) is 4.52 Å². The molecular formula is C16H27O3P. The van der Waals surface area contributed by atoms with Gasteiger partial charge in [-0.05, 0) is 24.3 Å². The van der Waals surface area contributed by atoms with E-state index in [1.807, 2.05) is 25.1 Å². The van der Waals surface area contributed by atoms with Crippen molar-refractivity contribution in [2.45, 2.75) is 46.0 Å². The Morgan fingerprint density at radius 3 is 2.55 bits per heavy atom. The molecule has 0 aliphatic heterocycles. The number of rotatable bonds is 10. The molecule has 3 nitrogen and oxygen atoms in total. The Labute approximate surface area is 122 Å². The zero-order valence-corrected chi connectivity index (χ0v) is 13.5. The zero-order chi connectivity index (χ0) is 14.8. The Morgan fingerprint density at radius 2 is 1.90 bits per heavy atom. The number of hydrogen-bond donors (Lipinski definition) is 1. The molecule has 1 aromatic rings. The number of unbranched alkanes of at least 4 members (excludes halogenated alkanes) is 3. The lowest BCUT2D eigenvalue weighted by atomic mass is 10.0. The van der Waals surface area contributed by atoms with Crippen molar-refractivity contribution < 1.29 is 14.0 Å². The molecule has 0 saturated carbocycles. The SMILES string of the molecule is CCCCCCP(=O)(O)OC[C@H](C)Cc1ccccc1. The Bertz CT molecular complexity index is 405. The van der Waals surface area contributed by atoms with Crippen LogP contribution in [-0.2, 0) is 15.5 Å². The molecule has 0 saturated heterocycles. The molecule has 1 aromatic carbocycles. The molecule has 114 valence electrons. The lowest BCUT2D eigenvalue weighted by molar-refractivity contribution is 0.221. The minimum absolute atomic E-state index is 0.244. The van der Waals surface area contributed by atoms with Crippen LogP contribution >= 0.6 is 7.60 Å². The second kappa shape index (κ2) is 9.33. The highest BCUT2D eigenvalue weighted by Gasteiger charge is 2.19. The lowest BCUT2D eigenvalue weighted by Crippen LogP contribution is -2.09. The molecule has 0 aliphatic rings. The normalized spacial score (nSPS) is 15.8. The van der Waals surface area contributed by atoms with Crippen LogP contribution in [-0.4, -0.2) is 17.7 Å². The average molecular weight is 298 g/mol. The Morgan fingerprint density at radius 1 is 1.20 bits per heavy atom. The summed E-state index contributed by atoms with van der Waals surface area (Å²) >= 11 is 0. The maximum atomic E-state index is 11.9. The fourth-order valence-electron chi connectivity index (χ4n) is 2.12. The topological polar surface area (TPSA) is 46.5 Å². The van der Waals surface area contributed by atoms with Gasteiger partial charge in [-0.3, -0.25) is 4.57 Å². The molecule has 0 heterocycles.